The number of hydrogen-bond acceptors (Lipinski definition) is 7. The van der Waals surface area contributed by atoms with Crippen molar-refractivity contribution in [2.45, 2.75) is 37.6 Å². The number of benzene rings is 1. The second kappa shape index (κ2) is 10.3. The molecule has 0 saturated heterocycles. The van der Waals surface area contributed by atoms with Gasteiger partial charge in [-0.1, -0.05) is 18.2 Å². The summed E-state index contributed by atoms with van der Waals surface area (Å²) in [7, 11) is 1.44. The zero-order valence-electron chi connectivity index (χ0n) is 16.5. The van der Waals surface area contributed by atoms with Gasteiger partial charge in [-0.2, -0.15) is 0 Å². The molecule has 8 nitrogen and oxygen atoms in total. The van der Waals surface area contributed by atoms with Gasteiger partial charge in [0.1, 0.15) is 36.4 Å². The molecule has 0 spiro atoms. The Labute approximate surface area is 170 Å². The first kappa shape index (κ1) is 21.2. The predicted molar refractivity (Wildman–Crippen MR) is 106 cm³/mol. The summed E-state index contributed by atoms with van der Waals surface area (Å²) in [5.74, 6) is 0.410. The van der Waals surface area contributed by atoms with Crippen molar-refractivity contribution in [3.8, 4) is 5.75 Å². The number of aromatic nitrogens is 2. The topological polar surface area (TPSA) is 105 Å². The van der Waals surface area contributed by atoms with Crippen LogP contribution in [0.4, 0.5) is 0 Å². The predicted octanol–water partition coefficient (Wildman–Crippen LogP) is 1.07. The van der Waals surface area contributed by atoms with Crippen molar-refractivity contribution < 1.29 is 24.5 Å². The van der Waals surface area contributed by atoms with Gasteiger partial charge < -0.3 is 24.6 Å². The Bertz CT molecular complexity index is 789. The number of fused-ring (bicyclic) bond motifs is 1. The monoisotopic (exact) mass is 401 g/mol. The number of carbonyl (C=O) groups excluding carboxylic acids is 1. The Morgan fingerprint density at radius 2 is 2.07 bits per heavy atom. The van der Waals surface area contributed by atoms with Crippen LogP contribution < -0.4 is 4.74 Å². The molecule has 0 fully saturated rings. The summed E-state index contributed by atoms with van der Waals surface area (Å²) in [6.07, 6.45) is 3.64. The number of aliphatic hydroxyl groups is 2. The maximum atomic E-state index is 12.9. The van der Waals surface area contributed by atoms with Crippen molar-refractivity contribution in [3.05, 3.63) is 54.1 Å². The number of nitrogens with zero attached hydrogens (tertiary/aromatic N) is 3. The van der Waals surface area contributed by atoms with Crippen LogP contribution in [0.5, 0.6) is 5.75 Å². The highest BCUT2D eigenvalue weighted by Gasteiger charge is 2.31. The number of carbonyl (C=O) groups is 1. The number of hydrogen-bond donors (Lipinski definition) is 2. The van der Waals surface area contributed by atoms with E-state index >= 15 is 0 Å². The summed E-state index contributed by atoms with van der Waals surface area (Å²) < 4.78 is 11.2. The van der Waals surface area contributed by atoms with Gasteiger partial charge in [-0.05, 0) is 30.9 Å². The minimum Gasteiger partial charge on any atom is -0.491 e. The fraction of sp³-hybridized carbons (Fsp3) is 0.476. The molecule has 3 rings (SSSR count). The van der Waals surface area contributed by atoms with Gasteiger partial charge >= 0.3 is 0 Å². The fourth-order valence-corrected chi connectivity index (χ4v) is 3.38. The zero-order chi connectivity index (χ0) is 20.6. The van der Waals surface area contributed by atoms with Crippen molar-refractivity contribution in [2.75, 3.05) is 26.8 Å². The highest BCUT2D eigenvalue weighted by molar-refractivity contribution is 5.92. The van der Waals surface area contributed by atoms with E-state index in [9.17, 15) is 15.0 Å². The van der Waals surface area contributed by atoms with Crippen molar-refractivity contribution >= 4 is 5.91 Å². The van der Waals surface area contributed by atoms with Gasteiger partial charge in [0, 0.05) is 32.6 Å². The van der Waals surface area contributed by atoms with E-state index in [-0.39, 0.29) is 24.8 Å². The number of para-hydroxylation sites is 1. The van der Waals surface area contributed by atoms with Gasteiger partial charge in [0.15, 0.2) is 0 Å². The Kier molecular flexibility index (Phi) is 7.51. The quantitative estimate of drug-likeness (QED) is 0.776. The Hall–Kier alpha value is -2.55. The maximum Gasteiger partial charge on any atom is 0.274 e. The summed E-state index contributed by atoms with van der Waals surface area (Å²) in [5.41, 5.74) is 1.26. The van der Waals surface area contributed by atoms with Crippen LogP contribution in [0.1, 0.15) is 28.9 Å². The third-order valence-electron chi connectivity index (χ3n) is 5.05. The molecule has 1 aliphatic heterocycles. The van der Waals surface area contributed by atoms with E-state index in [0.717, 1.165) is 24.8 Å². The molecule has 0 radical (unpaired) electrons. The van der Waals surface area contributed by atoms with E-state index in [1.807, 2.05) is 24.3 Å². The van der Waals surface area contributed by atoms with Crippen LogP contribution in [0.3, 0.4) is 0 Å². The number of aliphatic hydroxyl groups excluding tert-OH is 2. The second-order valence-corrected chi connectivity index (χ2v) is 7.05. The van der Waals surface area contributed by atoms with Crippen molar-refractivity contribution in [2.24, 2.45) is 0 Å². The first-order valence-corrected chi connectivity index (χ1v) is 9.75. The minimum absolute atomic E-state index is 0.0733. The molecule has 1 aromatic carbocycles. The van der Waals surface area contributed by atoms with Crippen LogP contribution in [0, 0.1) is 0 Å². The van der Waals surface area contributed by atoms with Gasteiger partial charge in [0.2, 0.25) is 0 Å². The van der Waals surface area contributed by atoms with Crippen molar-refractivity contribution in [1.29, 1.82) is 0 Å². The van der Waals surface area contributed by atoms with Gasteiger partial charge in [0.05, 0.1) is 6.20 Å². The lowest BCUT2D eigenvalue weighted by Gasteiger charge is -2.31. The number of ether oxygens (including phenoxy) is 2. The molecular weight excluding hydrogens is 374 g/mol. The normalized spacial score (nSPS) is 23.7. The number of aryl methyl sites for hydroxylation is 1. The number of methoxy groups -OCH3 is 1. The summed E-state index contributed by atoms with van der Waals surface area (Å²) >= 11 is 0. The fourth-order valence-electron chi connectivity index (χ4n) is 3.38. The summed E-state index contributed by atoms with van der Waals surface area (Å²) in [6.45, 7) is 0.522. The molecule has 8 heteroatoms. The van der Waals surface area contributed by atoms with Crippen LogP contribution in [-0.4, -0.2) is 76.1 Å². The average Bonchev–Trinajstić information content (AvgIpc) is 2.77. The molecule has 1 aliphatic rings. The van der Waals surface area contributed by atoms with E-state index in [2.05, 4.69) is 9.97 Å². The van der Waals surface area contributed by atoms with Crippen LogP contribution in [-0.2, 0) is 11.2 Å². The lowest BCUT2D eigenvalue weighted by atomic mass is 10.1. The first-order valence-electron chi connectivity index (χ1n) is 9.75. The van der Waals surface area contributed by atoms with Crippen molar-refractivity contribution in [3.63, 3.8) is 0 Å². The summed E-state index contributed by atoms with van der Waals surface area (Å²) in [5, 5.41) is 21.0. The molecule has 0 unspecified atom stereocenters. The second-order valence-electron chi connectivity index (χ2n) is 7.05. The van der Waals surface area contributed by atoms with Crippen LogP contribution in [0.25, 0.3) is 0 Å². The lowest BCUT2D eigenvalue weighted by Crippen LogP contribution is -2.49. The molecular formula is C21H27N3O5. The van der Waals surface area contributed by atoms with E-state index < -0.39 is 18.3 Å². The molecule has 2 N–H and O–H groups in total. The SMILES string of the molecule is CO[C@H]1CN(C(=O)c2cnccn2)CCCCc2ccccc2OC[C@@H](O)[C@H]1O. The molecule has 156 valence electrons. The third kappa shape index (κ3) is 5.50. The molecule has 0 bridgehead atoms. The van der Waals surface area contributed by atoms with Crippen molar-refractivity contribution in [1.82, 2.24) is 14.9 Å². The molecule has 0 saturated carbocycles. The molecule has 2 heterocycles. The largest absolute Gasteiger partial charge is 0.491 e. The van der Waals surface area contributed by atoms with E-state index in [1.54, 1.807) is 4.90 Å². The minimum atomic E-state index is -1.22. The van der Waals surface area contributed by atoms with Gasteiger partial charge in [-0.15, -0.1) is 0 Å². The average molecular weight is 401 g/mol. The molecule has 2 aromatic rings. The lowest BCUT2D eigenvalue weighted by molar-refractivity contribution is -0.0925. The van der Waals surface area contributed by atoms with Crippen LogP contribution in [0.15, 0.2) is 42.9 Å². The van der Waals surface area contributed by atoms with Gasteiger partial charge in [-0.25, -0.2) is 4.98 Å². The van der Waals surface area contributed by atoms with Gasteiger partial charge in [-0.3, -0.25) is 9.78 Å². The molecule has 3 atom stereocenters. The maximum absolute atomic E-state index is 12.9. The third-order valence-corrected chi connectivity index (χ3v) is 5.05. The highest BCUT2D eigenvalue weighted by Crippen LogP contribution is 2.22. The van der Waals surface area contributed by atoms with Crippen LogP contribution >= 0.6 is 0 Å². The molecule has 29 heavy (non-hydrogen) atoms. The Morgan fingerprint density at radius 3 is 2.83 bits per heavy atom. The van der Waals surface area contributed by atoms with E-state index in [0.29, 0.717) is 12.3 Å². The molecule has 1 amide bonds. The Morgan fingerprint density at radius 1 is 1.24 bits per heavy atom. The van der Waals surface area contributed by atoms with E-state index in [4.69, 9.17) is 9.47 Å². The number of amides is 1. The van der Waals surface area contributed by atoms with Gasteiger partial charge in [0.25, 0.3) is 5.91 Å². The smallest absolute Gasteiger partial charge is 0.274 e. The zero-order valence-corrected chi connectivity index (χ0v) is 16.5. The van der Waals surface area contributed by atoms with E-state index in [1.165, 1.54) is 25.7 Å². The van der Waals surface area contributed by atoms with Crippen LogP contribution in [0.2, 0.25) is 0 Å². The Balaban J connectivity index is 1.82. The highest BCUT2D eigenvalue weighted by atomic mass is 16.5. The number of rotatable bonds is 2. The summed E-state index contributed by atoms with van der Waals surface area (Å²) in [4.78, 5) is 22.6. The summed E-state index contributed by atoms with van der Waals surface area (Å²) in [6, 6.07) is 7.65. The standard InChI is InChI=1S/C21H27N3O5/c1-28-19-13-24(21(27)16-12-22-9-10-23-16)11-5-4-7-15-6-2-3-8-18(15)29-14-17(25)20(19)26/h2-3,6,8-10,12,17,19-20,25-26H,4-5,7,11,13-14H2,1H3/t17-,19+,20-/m1/s1. The molecule has 0 aliphatic carbocycles. The molecule has 1 aromatic heterocycles. The first-order chi connectivity index (χ1) is 14.1.